The normalized spacial score (nSPS) is 14.6. The van der Waals surface area contributed by atoms with Gasteiger partial charge in [0.25, 0.3) is 0 Å². The molecule has 0 fully saturated rings. The largest absolute Gasteiger partial charge is 0.314 e. The molecule has 1 N–H and O–H groups in total. The third kappa shape index (κ3) is 4.22. The first-order valence-electron chi connectivity index (χ1n) is 3.69. The van der Waals surface area contributed by atoms with E-state index in [0.29, 0.717) is 6.04 Å². The summed E-state index contributed by atoms with van der Waals surface area (Å²) in [6, 6.07) is 0.574. The summed E-state index contributed by atoms with van der Waals surface area (Å²) in [5.41, 5.74) is 0. The second kappa shape index (κ2) is 5.83. The summed E-state index contributed by atoms with van der Waals surface area (Å²) in [5, 5.41) is 3.20. The Hall–Kier alpha value is -0.300. The highest BCUT2D eigenvalue weighted by Crippen LogP contribution is 1.92. The average Bonchev–Trinajstić information content (AvgIpc) is 1.91. The van der Waals surface area contributed by atoms with E-state index in [1.807, 2.05) is 7.05 Å². The van der Waals surface area contributed by atoms with E-state index in [9.17, 15) is 0 Å². The lowest BCUT2D eigenvalue weighted by Crippen LogP contribution is -2.21. The summed E-state index contributed by atoms with van der Waals surface area (Å²) >= 11 is 0. The van der Waals surface area contributed by atoms with Gasteiger partial charge in [0.2, 0.25) is 0 Å². The van der Waals surface area contributed by atoms with Gasteiger partial charge < -0.3 is 5.32 Å². The van der Waals surface area contributed by atoms with Crippen LogP contribution >= 0.6 is 0 Å². The Labute approximate surface area is 58.2 Å². The predicted molar refractivity (Wildman–Crippen MR) is 42.6 cm³/mol. The number of likely N-dealkylation sites (N-methyl/N-ethyl adjacent to an activating group) is 1. The SMILES string of the molecule is CC/C=C\C(CC)NC. The molecule has 0 aromatic heterocycles. The molecule has 0 bridgehead atoms. The molecule has 1 nitrogen and oxygen atoms in total. The van der Waals surface area contributed by atoms with Crippen LogP contribution in [0.4, 0.5) is 0 Å². The number of nitrogens with one attached hydrogen (secondary N) is 1. The Balaban J connectivity index is 3.41. The van der Waals surface area contributed by atoms with Crippen molar-refractivity contribution in [1.29, 1.82) is 0 Å². The molecule has 0 aromatic rings. The van der Waals surface area contributed by atoms with Crippen LogP contribution in [0.2, 0.25) is 0 Å². The van der Waals surface area contributed by atoms with Gasteiger partial charge in [0.15, 0.2) is 0 Å². The topological polar surface area (TPSA) is 12.0 Å². The maximum Gasteiger partial charge on any atom is 0.0244 e. The van der Waals surface area contributed by atoms with Crippen LogP contribution in [0.15, 0.2) is 12.2 Å². The van der Waals surface area contributed by atoms with Crippen LogP contribution in [0.5, 0.6) is 0 Å². The van der Waals surface area contributed by atoms with Gasteiger partial charge in [-0.15, -0.1) is 0 Å². The molecule has 0 radical (unpaired) electrons. The average molecular weight is 127 g/mol. The molecule has 1 atom stereocenters. The number of allylic oxidation sites excluding steroid dienone is 1. The highest BCUT2D eigenvalue weighted by atomic mass is 14.8. The van der Waals surface area contributed by atoms with Gasteiger partial charge in [0.05, 0.1) is 0 Å². The fourth-order valence-electron chi connectivity index (χ4n) is 0.737. The van der Waals surface area contributed by atoms with Crippen molar-refractivity contribution in [2.45, 2.75) is 32.7 Å². The van der Waals surface area contributed by atoms with Crippen molar-refractivity contribution in [3.63, 3.8) is 0 Å². The first kappa shape index (κ1) is 8.70. The molecule has 54 valence electrons. The van der Waals surface area contributed by atoms with Crippen molar-refractivity contribution in [3.05, 3.63) is 12.2 Å². The van der Waals surface area contributed by atoms with Crippen molar-refractivity contribution in [3.8, 4) is 0 Å². The lowest BCUT2D eigenvalue weighted by molar-refractivity contribution is 0.646. The smallest absolute Gasteiger partial charge is 0.0244 e. The number of hydrogen-bond donors (Lipinski definition) is 1. The van der Waals surface area contributed by atoms with E-state index in [0.717, 1.165) is 6.42 Å². The molecule has 0 saturated heterocycles. The van der Waals surface area contributed by atoms with Crippen molar-refractivity contribution in [1.82, 2.24) is 5.32 Å². The molecule has 0 aliphatic heterocycles. The van der Waals surface area contributed by atoms with Crippen molar-refractivity contribution in [2.75, 3.05) is 7.05 Å². The molecule has 0 saturated carbocycles. The Morgan fingerprint density at radius 1 is 1.44 bits per heavy atom. The summed E-state index contributed by atoms with van der Waals surface area (Å²) < 4.78 is 0. The van der Waals surface area contributed by atoms with E-state index in [-0.39, 0.29) is 0 Å². The van der Waals surface area contributed by atoms with Crippen molar-refractivity contribution in [2.24, 2.45) is 0 Å². The minimum Gasteiger partial charge on any atom is -0.314 e. The molecule has 0 aliphatic carbocycles. The van der Waals surface area contributed by atoms with Crippen LogP contribution in [-0.2, 0) is 0 Å². The van der Waals surface area contributed by atoms with Crippen LogP contribution in [-0.4, -0.2) is 13.1 Å². The van der Waals surface area contributed by atoms with E-state index in [2.05, 4.69) is 31.3 Å². The Morgan fingerprint density at radius 2 is 2.11 bits per heavy atom. The predicted octanol–water partition coefficient (Wildman–Crippen LogP) is 1.95. The summed E-state index contributed by atoms with van der Waals surface area (Å²) in [4.78, 5) is 0. The summed E-state index contributed by atoms with van der Waals surface area (Å²) in [5.74, 6) is 0. The van der Waals surface area contributed by atoms with Crippen LogP contribution in [0, 0.1) is 0 Å². The summed E-state index contributed by atoms with van der Waals surface area (Å²) in [7, 11) is 1.99. The highest BCUT2D eigenvalue weighted by molar-refractivity contribution is 4.90. The quantitative estimate of drug-likeness (QED) is 0.569. The maximum atomic E-state index is 3.20. The fraction of sp³-hybridized carbons (Fsp3) is 0.750. The van der Waals surface area contributed by atoms with Gasteiger partial charge in [0, 0.05) is 6.04 Å². The van der Waals surface area contributed by atoms with E-state index in [1.165, 1.54) is 6.42 Å². The van der Waals surface area contributed by atoms with Crippen LogP contribution < -0.4 is 5.32 Å². The molecule has 1 unspecified atom stereocenters. The van der Waals surface area contributed by atoms with E-state index in [1.54, 1.807) is 0 Å². The first-order valence-corrected chi connectivity index (χ1v) is 3.69. The van der Waals surface area contributed by atoms with Crippen molar-refractivity contribution < 1.29 is 0 Å². The van der Waals surface area contributed by atoms with E-state index >= 15 is 0 Å². The Morgan fingerprint density at radius 3 is 2.44 bits per heavy atom. The van der Waals surface area contributed by atoms with Gasteiger partial charge in [-0.3, -0.25) is 0 Å². The molecule has 0 heterocycles. The zero-order valence-electron chi connectivity index (χ0n) is 6.65. The van der Waals surface area contributed by atoms with Gasteiger partial charge in [-0.25, -0.2) is 0 Å². The molecule has 0 rings (SSSR count). The minimum atomic E-state index is 0.574. The number of hydrogen-bond acceptors (Lipinski definition) is 1. The van der Waals surface area contributed by atoms with E-state index < -0.39 is 0 Å². The highest BCUT2D eigenvalue weighted by Gasteiger charge is 1.92. The van der Waals surface area contributed by atoms with Crippen LogP contribution in [0.3, 0.4) is 0 Å². The van der Waals surface area contributed by atoms with E-state index in [4.69, 9.17) is 0 Å². The van der Waals surface area contributed by atoms with Gasteiger partial charge in [-0.05, 0) is 19.9 Å². The Kier molecular flexibility index (Phi) is 5.64. The van der Waals surface area contributed by atoms with Gasteiger partial charge >= 0.3 is 0 Å². The molecular formula is C8H17N. The lowest BCUT2D eigenvalue weighted by atomic mass is 10.2. The molecule has 0 spiro atoms. The van der Waals surface area contributed by atoms with Gasteiger partial charge in [-0.2, -0.15) is 0 Å². The third-order valence-corrected chi connectivity index (χ3v) is 1.41. The molecule has 0 aliphatic rings. The maximum absolute atomic E-state index is 3.20. The van der Waals surface area contributed by atoms with Crippen molar-refractivity contribution >= 4 is 0 Å². The fourth-order valence-corrected chi connectivity index (χ4v) is 0.737. The molecule has 1 heteroatoms. The Bertz CT molecular complexity index is 72.6. The third-order valence-electron chi connectivity index (χ3n) is 1.41. The van der Waals surface area contributed by atoms with Crippen LogP contribution in [0.25, 0.3) is 0 Å². The standard InChI is InChI=1S/C8H17N/c1-4-6-7-8(5-2)9-3/h6-9H,4-5H2,1-3H3/b7-6-. The zero-order chi connectivity index (χ0) is 7.11. The van der Waals surface area contributed by atoms with Gasteiger partial charge in [-0.1, -0.05) is 26.0 Å². The second-order valence-electron chi connectivity index (χ2n) is 2.14. The molecule has 9 heavy (non-hydrogen) atoms. The van der Waals surface area contributed by atoms with Crippen LogP contribution in [0.1, 0.15) is 26.7 Å². The molecule has 0 aromatic carbocycles. The molecule has 0 amide bonds. The number of rotatable bonds is 4. The summed E-state index contributed by atoms with van der Waals surface area (Å²) in [6.45, 7) is 4.33. The monoisotopic (exact) mass is 127 g/mol. The second-order valence-corrected chi connectivity index (χ2v) is 2.14. The molecular weight excluding hydrogens is 110 g/mol. The lowest BCUT2D eigenvalue weighted by Gasteiger charge is -2.06. The minimum absolute atomic E-state index is 0.574. The van der Waals surface area contributed by atoms with Gasteiger partial charge in [0.1, 0.15) is 0 Å². The summed E-state index contributed by atoms with van der Waals surface area (Å²) in [6.07, 6.45) is 6.73. The first-order chi connectivity index (χ1) is 4.35. The zero-order valence-corrected chi connectivity index (χ0v) is 6.65.